The number of hydrogen-bond acceptors (Lipinski definition) is 2. The van der Waals surface area contributed by atoms with Crippen molar-refractivity contribution in [2.45, 2.75) is 32.0 Å². The summed E-state index contributed by atoms with van der Waals surface area (Å²) >= 11 is 0. The minimum atomic E-state index is -4.22. The van der Waals surface area contributed by atoms with Gasteiger partial charge in [0.25, 0.3) is 0 Å². The first-order valence-corrected chi connectivity index (χ1v) is 5.46. The van der Waals surface area contributed by atoms with Crippen molar-refractivity contribution in [3.63, 3.8) is 0 Å². The Labute approximate surface area is 102 Å². The topological polar surface area (TPSA) is 29.5 Å². The maximum Gasteiger partial charge on any atom is 0.389 e. The monoisotopic (exact) mass is 266 g/mol. The van der Waals surface area contributed by atoms with E-state index in [1.54, 1.807) is 0 Å². The standard InChI is InChI=1S/C12H14F4O2/c1-8(17)9-3-4-11(10(13)7-9)18-6-2-5-12(14,15)16/h3-4,7-8,17H,2,5-6H2,1H3/t8-/m1/s1. The third kappa shape index (κ3) is 4.91. The predicted octanol–water partition coefficient (Wildman–Crippen LogP) is 3.60. The van der Waals surface area contributed by atoms with Crippen molar-refractivity contribution in [3.05, 3.63) is 29.6 Å². The summed E-state index contributed by atoms with van der Waals surface area (Å²) in [6.07, 6.45) is -6.21. The van der Waals surface area contributed by atoms with E-state index in [4.69, 9.17) is 4.74 Å². The Bertz CT molecular complexity index is 388. The molecule has 0 aromatic heterocycles. The fourth-order valence-electron chi connectivity index (χ4n) is 1.35. The predicted molar refractivity (Wildman–Crippen MR) is 57.8 cm³/mol. The minimum absolute atomic E-state index is 0.110. The molecule has 102 valence electrons. The largest absolute Gasteiger partial charge is 0.491 e. The Kier molecular flexibility index (Phi) is 4.95. The lowest BCUT2D eigenvalue weighted by Crippen LogP contribution is -2.10. The summed E-state index contributed by atoms with van der Waals surface area (Å²) in [5, 5.41) is 9.21. The van der Waals surface area contributed by atoms with E-state index < -0.39 is 24.5 Å². The first kappa shape index (κ1) is 14.8. The number of halogens is 4. The van der Waals surface area contributed by atoms with Gasteiger partial charge in [-0.1, -0.05) is 6.07 Å². The molecule has 0 unspecified atom stereocenters. The Hall–Kier alpha value is -1.30. The van der Waals surface area contributed by atoms with Gasteiger partial charge in [-0.3, -0.25) is 0 Å². The molecule has 0 saturated carbocycles. The molecular formula is C12H14F4O2. The number of aliphatic hydroxyl groups excluding tert-OH is 1. The second kappa shape index (κ2) is 6.04. The van der Waals surface area contributed by atoms with Crippen molar-refractivity contribution in [1.82, 2.24) is 0 Å². The van der Waals surface area contributed by atoms with Crippen molar-refractivity contribution in [2.24, 2.45) is 0 Å². The summed E-state index contributed by atoms with van der Waals surface area (Å²) in [6.45, 7) is 1.28. The Morgan fingerprint density at radius 3 is 2.50 bits per heavy atom. The molecule has 0 saturated heterocycles. The van der Waals surface area contributed by atoms with Crippen LogP contribution >= 0.6 is 0 Å². The van der Waals surface area contributed by atoms with Gasteiger partial charge in [-0.2, -0.15) is 13.2 Å². The highest BCUT2D eigenvalue weighted by molar-refractivity contribution is 5.30. The number of ether oxygens (including phenoxy) is 1. The molecule has 0 fully saturated rings. The van der Waals surface area contributed by atoms with Gasteiger partial charge in [0.15, 0.2) is 11.6 Å². The van der Waals surface area contributed by atoms with Crippen LogP contribution in [0.3, 0.4) is 0 Å². The van der Waals surface area contributed by atoms with Gasteiger partial charge >= 0.3 is 6.18 Å². The third-order valence-electron chi connectivity index (χ3n) is 2.30. The first-order chi connectivity index (χ1) is 8.29. The van der Waals surface area contributed by atoms with Crippen LogP contribution in [0.25, 0.3) is 0 Å². The van der Waals surface area contributed by atoms with E-state index in [1.807, 2.05) is 0 Å². The van der Waals surface area contributed by atoms with Gasteiger partial charge in [-0.25, -0.2) is 4.39 Å². The molecule has 0 aliphatic rings. The molecule has 1 aromatic rings. The lowest BCUT2D eigenvalue weighted by Gasteiger charge is -2.10. The molecule has 6 heteroatoms. The SMILES string of the molecule is C[C@@H](O)c1ccc(OCCCC(F)(F)F)c(F)c1. The molecule has 0 aliphatic carbocycles. The maximum atomic E-state index is 13.4. The number of alkyl halides is 3. The van der Waals surface area contributed by atoms with Crippen LogP contribution in [0, 0.1) is 5.82 Å². The number of aliphatic hydroxyl groups is 1. The Balaban J connectivity index is 2.48. The van der Waals surface area contributed by atoms with E-state index in [2.05, 4.69) is 0 Å². The lowest BCUT2D eigenvalue weighted by atomic mass is 10.1. The molecular weight excluding hydrogens is 252 g/mol. The summed E-state index contributed by atoms with van der Waals surface area (Å²) < 4.78 is 53.9. The van der Waals surface area contributed by atoms with Crippen LogP contribution in [-0.4, -0.2) is 17.9 Å². The highest BCUT2D eigenvalue weighted by atomic mass is 19.4. The van der Waals surface area contributed by atoms with Gasteiger partial charge in [-0.15, -0.1) is 0 Å². The van der Waals surface area contributed by atoms with Crippen LogP contribution in [0.4, 0.5) is 17.6 Å². The zero-order valence-electron chi connectivity index (χ0n) is 9.80. The van der Waals surface area contributed by atoms with Crippen molar-refractivity contribution >= 4 is 0 Å². The third-order valence-corrected chi connectivity index (χ3v) is 2.30. The van der Waals surface area contributed by atoms with Gasteiger partial charge < -0.3 is 9.84 Å². The molecule has 2 nitrogen and oxygen atoms in total. The zero-order valence-corrected chi connectivity index (χ0v) is 9.80. The van der Waals surface area contributed by atoms with Gasteiger partial charge in [-0.05, 0) is 31.0 Å². The molecule has 0 aliphatic heterocycles. The second-order valence-electron chi connectivity index (χ2n) is 3.93. The molecule has 1 atom stereocenters. The van der Waals surface area contributed by atoms with Crippen molar-refractivity contribution in [1.29, 1.82) is 0 Å². The van der Waals surface area contributed by atoms with Gasteiger partial charge in [0.05, 0.1) is 12.7 Å². The van der Waals surface area contributed by atoms with Crippen LogP contribution < -0.4 is 4.74 Å². The van der Waals surface area contributed by atoms with Crippen molar-refractivity contribution < 1.29 is 27.4 Å². The molecule has 0 bridgehead atoms. The lowest BCUT2D eigenvalue weighted by molar-refractivity contribution is -0.136. The van der Waals surface area contributed by atoms with Crippen LogP contribution in [-0.2, 0) is 0 Å². The molecule has 0 radical (unpaired) electrons. The van der Waals surface area contributed by atoms with Crippen LogP contribution in [0.1, 0.15) is 31.4 Å². The molecule has 0 spiro atoms. The van der Waals surface area contributed by atoms with Gasteiger partial charge in [0.1, 0.15) is 0 Å². The maximum absolute atomic E-state index is 13.4. The summed E-state index contributed by atoms with van der Waals surface area (Å²) in [5.74, 6) is -0.804. The van der Waals surface area contributed by atoms with Crippen molar-refractivity contribution in [2.75, 3.05) is 6.61 Å². The molecule has 18 heavy (non-hydrogen) atoms. The van der Waals surface area contributed by atoms with Crippen LogP contribution in [0.5, 0.6) is 5.75 Å². The van der Waals surface area contributed by atoms with E-state index in [-0.39, 0.29) is 18.8 Å². The molecule has 1 aromatic carbocycles. The summed E-state index contributed by atoms with van der Waals surface area (Å²) in [6, 6.07) is 3.86. The average Bonchev–Trinajstić information content (AvgIpc) is 2.24. The molecule has 1 rings (SSSR count). The number of benzene rings is 1. The molecule has 0 heterocycles. The fourth-order valence-corrected chi connectivity index (χ4v) is 1.35. The summed E-state index contributed by atoms with van der Waals surface area (Å²) in [5.41, 5.74) is 0.384. The van der Waals surface area contributed by atoms with E-state index in [9.17, 15) is 22.7 Å². The minimum Gasteiger partial charge on any atom is -0.491 e. The summed E-state index contributed by atoms with van der Waals surface area (Å²) in [7, 11) is 0. The van der Waals surface area contributed by atoms with Gasteiger partial charge in [0.2, 0.25) is 0 Å². The van der Waals surface area contributed by atoms with E-state index in [1.165, 1.54) is 19.1 Å². The van der Waals surface area contributed by atoms with E-state index in [0.29, 0.717) is 5.56 Å². The normalized spacial score (nSPS) is 13.4. The Morgan fingerprint density at radius 1 is 1.33 bits per heavy atom. The van der Waals surface area contributed by atoms with E-state index in [0.717, 1.165) is 6.07 Å². The highest BCUT2D eigenvalue weighted by Gasteiger charge is 2.26. The average molecular weight is 266 g/mol. The van der Waals surface area contributed by atoms with Crippen LogP contribution in [0.2, 0.25) is 0 Å². The molecule has 0 amide bonds. The van der Waals surface area contributed by atoms with Crippen LogP contribution in [0.15, 0.2) is 18.2 Å². The zero-order chi connectivity index (χ0) is 13.8. The Morgan fingerprint density at radius 2 is 2.00 bits per heavy atom. The summed E-state index contributed by atoms with van der Waals surface area (Å²) in [4.78, 5) is 0. The van der Waals surface area contributed by atoms with Crippen molar-refractivity contribution in [3.8, 4) is 5.75 Å². The first-order valence-electron chi connectivity index (χ1n) is 5.46. The quantitative estimate of drug-likeness (QED) is 0.651. The number of hydrogen-bond donors (Lipinski definition) is 1. The molecule has 1 N–H and O–H groups in total. The smallest absolute Gasteiger partial charge is 0.389 e. The second-order valence-corrected chi connectivity index (χ2v) is 3.93. The van der Waals surface area contributed by atoms with E-state index >= 15 is 0 Å². The number of rotatable bonds is 5. The highest BCUT2D eigenvalue weighted by Crippen LogP contribution is 2.24. The fraction of sp³-hybridized carbons (Fsp3) is 0.500. The van der Waals surface area contributed by atoms with Gasteiger partial charge in [0, 0.05) is 6.42 Å².